The third kappa shape index (κ3) is 3.91. The van der Waals surface area contributed by atoms with Crippen LogP contribution >= 0.6 is 0 Å². The minimum absolute atomic E-state index is 0.366. The summed E-state index contributed by atoms with van der Waals surface area (Å²) in [5.41, 5.74) is 3.19. The Labute approximate surface area is 155 Å². The van der Waals surface area contributed by atoms with Gasteiger partial charge in [-0.25, -0.2) is 5.43 Å². The Morgan fingerprint density at radius 3 is 2.33 bits per heavy atom. The van der Waals surface area contributed by atoms with E-state index in [0.29, 0.717) is 22.9 Å². The summed E-state index contributed by atoms with van der Waals surface area (Å²) in [6, 6.07) is 16.6. The number of fused-ring (bicyclic) bond motifs is 1. The van der Waals surface area contributed by atoms with Crippen molar-refractivity contribution in [3.05, 3.63) is 76.2 Å². The maximum Gasteiger partial charge on any atom is 0.289 e. The lowest BCUT2D eigenvalue weighted by molar-refractivity contribution is -0.119. The molecule has 1 aromatic heterocycles. The first-order chi connectivity index (χ1) is 13.0. The van der Waals surface area contributed by atoms with Crippen LogP contribution < -0.4 is 22.1 Å². The molecule has 0 saturated carbocycles. The second-order valence-electron chi connectivity index (χ2n) is 6.01. The van der Waals surface area contributed by atoms with Gasteiger partial charge in [-0.3, -0.25) is 20.2 Å². The largest absolute Gasteiger partial charge is 0.332 e. The third-order valence-corrected chi connectivity index (χ3v) is 4.07. The quantitative estimate of drug-likeness (QED) is 0.345. The van der Waals surface area contributed by atoms with Crippen LogP contribution in [0.4, 0.5) is 0 Å². The highest BCUT2D eigenvalue weighted by molar-refractivity contribution is 5.90. The maximum absolute atomic E-state index is 12.8. The standard InChI is InChI=1S/C19H19N5O3/c1-12(25)21-17(22-20)19(27)24-18(26)15-10-6-5-9-14(15)16(23-24)11-13-7-3-2-4-8-13/h2-10,17,22H,11,20H2,1H3,(H,21,25). The molecule has 1 atom stereocenters. The van der Waals surface area contributed by atoms with Gasteiger partial charge in [0.25, 0.3) is 11.5 Å². The van der Waals surface area contributed by atoms with Crippen LogP contribution in [0.25, 0.3) is 10.8 Å². The molecule has 4 N–H and O–H groups in total. The molecule has 8 nitrogen and oxygen atoms in total. The number of carbonyl (C=O) groups excluding carboxylic acids is 2. The van der Waals surface area contributed by atoms with Crippen LogP contribution in [-0.2, 0) is 11.2 Å². The molecule has 0 saturated heterocycles. The van der Waals surface area contributed by atoms with Crippen LogP contribution in [0.15, 0.2) is 59.4 Å². The summed E-state index contributed by atoms with van der Waals surface area (Å²) in [5, 5.41) is 7.67. The summed E-state index contributed by atoms with van der Waals surface area (Å²) in [7, 11) is 0. The van der Waals surface area contributed by atoms with Crippen molar-refractivity contribution in [3.8, 4) is 0 Å². The highest BCUT2D eigenvalue weighted by atomic mass is 16.2. The number of amides is 1. The first-order valence-corrected chi connectivity index (χ1v) is 8.33. The van der Waals surface area contributed by atoms with Gasteiger partial charge >= 0.3 is 0 Å². The fourth-order valence-corrected chi connectivity index (χ4v) is 2.82. The van der Waals surface area contributed by atoms with Crippen LogP contribution in [0.3, 0.4) is 0 Å². The Kier molecular flexibility index (Phi) is 5.39. The molecular formula is C19H19N5O3. The molecule has 0 spiro atoms. The number of hydrogen-bond acceptors (Lipinski definition) is 6. The lowest BCUT2D eigenvalue weighted by atomic mass is 10.0. The second kappa shape index (κ2) is 7.90. The van der Waals surface area contributed by atoms with Crippen molar-refractivity contribution in [2.24, 2.45) is 5.84 Å². The molecule has 0 fully saturated rings. The molecule has 1 heterocycles. The monoisotopic (exact) mass is 365 g/mol. The van der Waals surface area contributed by atoms with Crippen molar-refractivity contribution < 1.29 is 9.59 Å². The van der Waals surface area contributed by atoms with Gasteiger partial charge in [0.2, 0.25) is 5.91 Å². The summed E-state index contributed by atoms with van der Waals surface area (Å²) in [4.78, 5) is 36.8. The number of nitrogens with one attached hydrogen (secondary N) is 2. The van der Waals surface area contributed by atoms with Crippen LogP contribution in [-0.4, -0.2) is 27.8 Å². The Hall–Kier alpha value is -3.36. The minimum Gasteiger partial charge on any atom is -0.332 e. The molecule has 138 valence electrons. The number of benzene rings is 2. The highest BCUT2D eigenvalue weighted by Gasteiger charge is 2.23. The van der Waals surface area contributed by atoms with E-state index < -0.39 is 23.5 Å². The Balaban J connectivity index is 2.13. The van der Waals surface area contributed by atoms with Gasteiger partial charge in [0.05, 0.1) is 11.1 Å². The first-order valence-electron chi connectivity index (χ1n) is 8.33. The lowest BCUT2D eigenvalue weighted by Crippen LogP contribution is -2.56. The fourth-order valence-electron chi connectivity index (χ4n) is 2.82. The molecule has 8 heteroatoms. The number of nitrogens with two attached hydrogens (primary N) is 1. The molecule has 1 unspecified atom stereocenters. The Bertz CT molecular complexity index is 1050. The van der Waals surface area contributed by atoms with Gasteiger partial charge in [0.1, 0.15) is 0 Å². The predicted molar refractivity (Wildman–Crippen MR) is 101 cm³/mol. The number of hydrazine groups is 1. The number of nitrogens with zero attached hydrogens (tertiary/aromatic N) is 2. The molecule has 27 heavy (non-hydrogen) atoms. The first kappa shape index (κ1) is 18.4. The summed E-state index contributed by atoms with van der Waals surface area (Å²) >= 11 is 0. The van der Waals surface area contributed by atoms with Gasteiger partial charge in [-0.2, -0.15) is 9.78 Å². The zero-order valence-electron chi connectivity index (χ0n) is 14.7. The maximum atomic E-state index is 12.8. The summed E-state index contributed by atoms with van der Waals surface area (Å²) in [6.07, 6.45) is -0.825. The van der Waals surface area contributed by atoms with Crippen LogP contribution in [0.1, 0.15) is 23.0 Å². The van der Waals surface area contributed by atoms with Crippen LogP contribution in [0.2, 0.25) is 0 Å². The van der Waals surface area contributed by atoms with Crippen molar-refractivity contribution in [2.75, 3.05) is 0 Å². The van der Waals surface area contributed by atoms with Gasteiger partial charge in [-0.05, 0) is 11.6 Å². The van der Waals surface area contributed by atoms with Crippen molar-refractivity contribution in [2.45, 2.75) is 19.5 Å². The molecule has 3 aromatic rings. The minimum atomic E-state index is -1.27. The van der Waals surface area contributed by atoms with E-state index in [0.717, 1.165) is 10.2 Å². The van der Waals surface area contributed by atoms with E-state index in [9.17, 15) is 14.4 Å². The summed E-state index contributed by atoms with van der Waals surface area (Å²) in [5.74, 6) is 4.12. The summed E-state index contributed by atoms with van der Waals surface area (Å²) < 4.78 is 0.751. The van der Waals surface area contributed by atoms with E-state index >= 15 is 0 Å². The van der Waals surface area contributed by atoms with Gasteiger partial charge < -0.3 is 5.32 Å². The van der Waals surface area contributed by atoms with Crippen LogP contribution in [0.5, 0.6) is 0 Å². The molecule has 1 amide bonds. The van der Waals surface area contributed by atoms with E-state index in [4.69, 9.17) is 5.84 Å². The van der Waals surface area contributed by atoms with Crippen LogP contribution in [0, 0.1) is 0 Å². The molecule has 0 aliphatic heterocycles. The van der Waals surface area contributed by atoms with Gasteiger partial charge in [-0.15, -0.1) is 0 Å². The van der Waals surface area contributed by atoms with E-state index in [1.807, 2.05) is 36.4 Å². The van der Waals surface area contributed by atoms with Gasteiger partial charge in [-0.1, -0.05) is 48.5 Å². The Morgan fingerprint density at radius 1 is 1.07 bits per heavy atom. The lowest BCUT2D eigenvalue weighted by Gasteiger charge is -2.17. The smallest absolute Gasteiger partial charge is 0.289 e. The highest BCUT2D eigenvalue weighted by Crippen LogP contribution is 2.17. The van der Waals surface area contributed by atoms with Crippen molar-refractivity contribution in [1.82, 2.24) is 20.5 Å². The molecular weight excluding hydrogens is 346 g/mol. The molecule has 3 rings (SSSR count). The van der Waals surface area contributed by atoms with E-state index in [-0.39, 0.29) is 0 Å². The third-order valence-electron chi connectivity index (χ3n) is 4.07. The SMILES string of the molecule is CC(=O)NC(NN)C(=O)n1nc(Cc2ccccc2)c2ccccc2c1=O. The number of hydrogen-bond donors (Lipinski definition) is 3. The normalized spacial score (nSPS) is 11.9. The molecule has 0 aliphatic carbocycles. The average molecular weight is 365 g/mol. The van der Waals surface area contributed by atoms with Crippen molar-refractivity contribution in [1.29, 1.82) is 0 Å². The zero-order chi connectivity index (χ0) is 19.4. The van der Waals surface area contributed by atoms with Crippen molar-refractivity contribution >= 4 is 22.6 Å². The predicted octanol–water partition coefficient (Wildman–Crippen LogP) is 0.553. The van der Waals surface area contributed by atoms with E-state index in [1.54, 1.807) is 18.2 Å². The van der Waals surface area contributed by atoms with E-state index in [1.165, 1.54) is 6.92 Å². The second-order valence-corrected chi connectivity index (χ2v) is 6.01. The molecule has 2 aromatic carbocycles. The van der Waals surface area contributed by atoms with E-state index in [2.05, 4.69) is 15.8 Å². The number of carbonyl (C=O) groups is 2. The Morgan fingerprint density at radius 2 is 1.70 bits per heavy atom. The van der Waals surface area contributed by atoms with Crippen molar-refractivity contribution in [3.63, 3.8) is 0 Å². The molecule has 0 bridgehead atoms. The topological polar surface area (TPSA) is 119 Å². The zero-order valence-corrected chi connectivity index (χ0v) is 14.7. The molecule has 0 radical (unpaired) electrons. The summed E-state index contributed by atoms with van der Waals surface area (Å²) in [6.45, 7) is 1.25. The average Bonchev–Trinajstić information content (AvgIpc) is 2.68. The number of rotatable bonds is 5. The number of aromatic nitrogens is 2. The fraction of sp³-hybridized carbons (Fsp3) is 0.158. The van der Waals surface area contributed by atoms with Gasteiger partial charge in [0, 0.05) is 18.7 Å². The molecule has 0 aliphatic rings. The van der Waals surface area contributed by atoms with Gasteiger partial charge in [0.15, 0.2) is 6.17 Å².